The van der Waals surface area contributed by atoms with Crippen LogP contribution in [0.3, 0.4) is 0 Å². The van der Waals surface area contributed by atoms with Crippen LogP contribution in [0.25, 0.3) is 10.9 Å². The first-order valence-electron chi connectivity index (χ1n) is 8.70. The van der Waals surface area contributed by atoms with E-state index in [1.165, 1.54) is 0 Å². The minimum absolute atomic E-state index is 0.247. The molecule has 2 rings (SSSR count). The molecule has 0 atom stereocenters. The first-order chi connectivity index (χ1) is 11.2. The smallest absolute Gasteiger partial charge is 0.154 e. The van der Waals surface area contributed by atoms with Gasteiger partial charge in [0.15, 0.2) is 5.82 Å². The quantitative estimate of drug-likeness (QED) is 0.580. The molecule has 0 N–H and O–H groups in total. The van der Waals surface area contributed by atoms with Crippen molar-refractivity contribution < 1.29 is 4.39 Å². The van der Waals surface area contributed by atoms with Crippen LogP contribution < -0.4 is 0 Å². The molecule has 0 fully saturated rings. The molecular formula is C22H29FN2. The molecule has 1 heterocycles. The van der Waals surface area contributed by atoms with E-state index in [2.05, 4.69) is 31.7 Å². The molecule has 134 valence electrons. The molecule has 0 bridgehead atoms. The maximum Gasteiger partial charge on any atom is 0.154 e. The molecule has 0 radical (unpaired) electrons. The van der Waals surface area contributed by atoms with Crippen molar-refractivity contribution in [3.8, 4) is 12.3 Å². The minimum atomic E-state index is -0.408. The van der Waals surface area contributed by atoms with Crippen molar-refractivity contribution in [2.45, 2.75) is 78.6 Å². The van der Waals surface area contributed by atoms with Crippen molar-refractivity contribution in [1.82, 2.24) is 9.97 Å². The number of benzene rings is 1. The monoisotopic (exact) mass is 340 g/mol. The van der Waals surface area contributed by atoms with Gasteiger partial charge in [0, 0.05) is 27.3 Å². The summed E-state index contributed by atoms with van der Waals surface area (Å²) in [6.45, 7) is 18.2. The van der Waals surface area contributed by atoms with Crippen molar-refractivity contribution in [2.75, 3.05) is 0 Å². The van der Waals surface area contributed by atoms with E-state index in [1.54, 1.807) is 0 Å². The molecule has 0 aliphatic heterocycles. The van der Waals surface area contributed by atoms with Crippen LogP contribution in [-0.2, 0) is 16.2 Å². The van der Waals surface area contributed by atoms with E-state index in [0.29, 0.717) is 27.9 Å². The van der Waals surface area contributed by atoms with Gasteiger partial charge in [-0.1, -0.05) is 68.2 Å². The van der Waals surface area contributed by atoms with Crippen LogP contribution >= 0.6 is 0 Å². The average molecular weight is 340 g/mol. The molecule has 0 amide bonds. The number of hydrogen-bond acceptors (Lipinski definition) is 2. The van der Waals surface area contributed by atoms with Gasteiger partial charge in [0.2, 0.25) is 0 Å². The van der Waals surface area contributed by atoms with Gasteiger partial charge in [0.05, 0.1) is 5.69 Å². The zero-order valence-electron chi connectivity index (χ0n) is 16.9. The first kappa shape index (κ1) is 19.4. The Kier molecular flexibility index (Phi) is 4.49. The van der Waals surface area contributed by atoms with Crippen LogP contribution in [0.1, 0.15) is 85.0 Å². The van der Waals surface area contributed by atoms with E-state index < -0.39 is 5.41 Å². The summed E-state index contributed by atoms with van der Waals surface area (Å²) in [5, 5.41) is 0.707. The van der Waals surface area contributed by atoms with Crippen molar-refractivity contribution in [3.63, 3.8) is 0 Å². The van der Waals surface area contributed by atoms with E-state index in [9.17, 15) is 0 Å². The lowest BCUT2D eigenvalue weighted by Gasteiger charge is -2.27. The van der Waals surface area contributed by atoms with E-state index in [1.807, 2.05) is 47.6 Å². The number of nitrogens with zero attached hydrogens (tertiary/aromatic N) is 2. The summed E-state index contributed by atoms with van der Waals surface area (Å²) >= 11 is 0. The van der Waals surface area contributed by atoms with Crippen LogP contribution in [-0.4, -0.2) is 9.97 Å². The summed E-state index contributed by atoms with van der Waals surface area (Å²) in [4.78, 5) is 9.42. The molecule has 25 heavy (non-hydrogen) atoms. The zero-order chi connectivity index (χ0) is 19.4. The standard InChI is InChI=1S/C22H29FN2/c1-11-13-12-14-17(16(23)15(13)20(2,3)4)24-19(22(8,9)10)25-18(14)21(5,6)7/h1,12H,2-10H3. The molecule has 0 aliphatic rings. The van der Waals surface area contributed by atoms with E-state index in [0.717, 1.165) is 5.69 Å². The number of hydrogen-bond donors (Lipinski definition) is 0. The van der Waals surface area contributed by atoms with Gasteiger partial charge in [0.25, 0.3) is 0 Å². The van der Waals surface area contributed by atoms with Crippen molar-refractivity contribution >= 4 is 10.9 Å². The van der Waals surface area contributed by atoms with Crippen LogP contribution in [0, 0.1) is 18.2 Å². The predicted octanol–water partition coefficient (Wildman–Crippen LogP) is 5.64. The number of halogens is 1. The minimum Gasteiger partial charge on any atom is -0.236 e. The fourth-order valence-corrected chi connectivity index (χ4v) is 2.98. The van der Waals surface area contributed by atoms with Crippen molar-refractivity contribution in [1.29, 1.82) is 0 Å². The molecule has 2 nitrogen and oxygen atoms in total. The Balaban J connectivity index is 3.09. The number of terminal acetylenes is 1. The first-order valence-corrected chi connectivity index (χ1v) is 8.70. The highest BCUT2D eigenvalue weighted by Crippen LogP contribution is 2.37. The lowest BCUT2D eigenvalue weighted by Crippen LogP contribution is -2.24. The van der Waals surface area contributed by atoms with Gasteiger partial charge < -0.3 is 0 Å². The Hall–Kier alpha value is -1.95. The van der Waals surface area contributed by atoms with Gasteiger partial charge in [-0.15, -0.1) is 6.42 Å². The Morgan fingerprint density at radius 2 is 1.44 bits per heavy atom. The largest absolute Gasteiger partial charge is 0.236 e. The van der Waals surface area contributed by atoms with E-state index >= 15 is 4.39 Å². The molecule has 1 aromatic carbocycles. The average Bonchev–Trinajstić information content (AvgIpc) is 2.42. The highest BCUT2D eigenvalue weighted by atomic mass is 19.1. The summed E-state index contributed by atoms with van der Waals surface area (Å²) < 4.78 is 15.6. The fourth-order valence-electron chi connectivity index (χ4n) is 2.98. The van der Waals surface area contributed by atoms with Gasteiger partial charge in [-0.05, 0) is 11.5 Å². The Morgan fingerprint density at radius 1 is 0.880 bits per heavy atom. The van der Waals surface area contributed by atoms with E-state index in [4.69, 9.17) is 11.4 Å². The van der Waals surface area contributed by atoms with Crippen LogP contribution in [0.15, 0.2) is 6.07 Å². The molecule has 0 saturated carbocycles. The summed E-state index contributed by atoms with van der Waals surface area (Å²) in [5.41, 5.74) is 1.40. The second-order valence-electron chi connectivity index (χ2n) is 9.80. The van der Waals surface area contributed by atoms with Crippen LogP contribution in [0.2, 0.25) is 0 Å². The SMILES string of the molecule is C#Cc1cc2c(C(C)(C)C)nc(C(C)(C)C)nc2c(F)c1C(C)(C)C. The van der Waals surface area contributed by atoms with Gasteiger partial charge in [-0.2, -0.15) is 0 Å². The van der Waals surface area contributed by atoms with Crippen LogP contribution in [0.4, 0.5) is 4.39 Å². The topological polar surface area (TPSA) is 25.8 Å². The molecule has 3 heteroatoms. The Labute approximate surface area is 151 Å². The fraction of sp³-hybridized carbons (Fsp3) is 0.545. The van der Waals surface area contributed by atoms with Crippen LogP contribution in [0.5, 0.6) is 0 Å². The number of aromatic nitrogens is 2. The maximum atomic E-state index is 15.6. The summed E-state index contributed by atoms with van der Waals surface area (Å²) in [6, 6.07) is 1.88. The molecule has 0 saturated heterocycles. The lowest BCUT2D eigenvalue weighted by molar-refractivity contribution is 0.510. The normalized spacial score (nSPS) is 13.2. The Morgan fingerprint density at radius 3 is 1.84 bits per heavy atom. The second kappa shape index (κ2) is 5.80. The molecule has 2 aromatic rings. The Bertz CT molecular complexity index is 867. The second-order valence-corrected chi connectivity index (χ2v) is 9.80. The van der Waals surface area contributed by atoms with E-state index in [-0.39, 0.29) is 16.6 Å². The molecule has 1 aromatic heterocycles. The van der Waals surface area contributed by atoms with Gasteiger partial charge in [-0.25, -0.2) is 14.4 Å². The summed E-state index contributed by atoms with van der Waals surface area (Å²) in [7, 11) is 0. The number of rotatable bonds is 0. The number of fused-ring (bicyclic) bond motifs is 1. The molecule has 0 spiro atoms. The summed E-state index contributed by atoms with van der Waals surface area (Å²) in [6.07, 6.45) is 5.71. The van der Waals surface area contributed by atoms with Crippen molar-refractivity contribution in [2.24, 2.45) is 0 Å². The highest BCUT2D eigenvalue weighted by molar-refractivity contribution is 5.85. The predicted molar refractivity (Wildman–Crippen MR) is 104 cm³/mol. The third-order valence-electron chi connectivity index (χ3n) is 4.22. The molecule has 0 unspecified atom stereocenters. The maximum absolute atomic E-state index is 15.6. The van der Waals surface area contributed by atoms with Gasteiger partial charge in [-0.3, -0.25) is 0 Å². The highest BCUT2D eigenvalue weighted by Gasteiger charge is 2.30. The van der Waals surface area contributed by atoms with Crippen molar-refractivity contribution in [3.05, 3.63) is 34.5 Å². The summed E-state index contributed by atoms with van der Waals surface area (Å²) in [5.74, 6) is 2.99. The van der Waals surface area contributed by atoms with Gasteiger partial charge >= 0.3 is 0 Å². The third kappa shape index (κ3) is 3.54. The molecular weight excluding hydrogens is 311 g/mol. The molecule has 0 aliphatic carbocycles. The lowest BCUT2D eigenvalue weighted by atomic mass is 9.81. The third-order valence-corrected chi connectivity index (χ3v) is 4.22. The van der Waals surface area contributed by atoms with Gasteiger partial charge in [0.1, 0.15) is 11.3 Å². The zero-order valence-corrected chi connectivity index (χ0v) is 16.9.